The lowest BCUT2D eigenvalue weighted by Gasteiger charge is -2.15. The SMILES string of the molecule is CC(NCc1cnn(C)c1)c1cccc(C(F)(F)F)c1. The predicted octanol–water partition coefficient (Wildman–Crippen LogP) is 3.29. The Hall–Kier alpha value is -1.82. The fraction of sp³-hybridized carbons (Fsp3) is 0.357. The zero-order valence-corrected chi connectivity index (χ0v) is 11.3. The van der Waals surface area contributed by atoms with Crippen LogP contribution in [-0.4, -0.2) is 9.78 Å². The van der Waals surface area contributed by atoms with Gasteiger partial charge in [-0.15, -0.1) is 0 Å². The van der Waals surface area contributed by atoms with Crippen LogP contribution in [0.5, 0.6) is 0 Å². The fourth-order valence-corrected chi connectivity index (χ4v) is 1.94. The molecule has 1 heterocycles. The minimum absolute atomic E-state index is 0.169. The van der Waals surface area contributed by atoms with Gasteiger partial charge < -0.3 is 5.32 Å². The van der Waals surface area contributed by atoms with Crippen molar-refractivity contribution in [1.29, 1.82) is 0 Å². The molecule has 6 heteroatoms. The number of aromatic nitrogens is 2. The summed E-state index contributed by atoms with van der Waals surface area (Å²) in [6.45, 7) is 2.40. The van der Waals surface area contributed by atoms with E-state index in [-0.39, 0.29) is 6.04 Å². The Balaban J connectivity index is 2.03. The first-order chi connectivity index (χ1) is 9.36. The summed E-state index contributed by atoms with van der Waals surface area (Å²) in [4.78, 5) is 0. The quantitative estimate of drug-likeness (QED) is 0.933. The van der Waals surface area contributed by atoms with E-state index in [9.17, 15) is 13.2 Å². The van der Waals surface area contributed by atoms with Crippen LogP contribution in [0.1, 0.15) is 29.7 Å². The average Bonchev–Trinajstić information content (AvgIpc) is 2.81. The maximum Gasteiger partial charge on any atom is 0.416 e. The third-order valence-corrected chi connectivity index (χ3v) is 3.08. The predicted molar refractivity (Wildman–Crippen MR) is 69.9 cm³/mol. The second-order valence-corrected chi connectivity index (χ2v) is 4.75. The van der Waals surface area contributed by atoms with Gasteiger partial charge in [0.05, 0.1) is 11.8 Å². The second kappa shape index (κ2) is 5.66. The summed E-state index contributed by atoms with van der Waals surface area (Å²) in [6.07, 6.45) is -0.712. The molecule has 0 aliphatic heterocycles. The van der Waals surface area contributed by atoms with E-state index in [0.717, 1.165) is 11.6 Å². The van der Waals surface area contributed by atoms with E-state index in [0.29, 0.717) is 12.1 Å². The van der Waals surface area contributed by atoms with E-state index in [2.05, 4.69) is 10.4 Å². The normalized spacial score (nSPS) is 13.4. The van der Waals surface area contributed by atoms with Crippen LogP contribution in [0.2, 0.25) is 0 Å². The third kappa shape index (κ3) is 3.60. The Kier molecular flexibility index (Phi) is 4.13. The van der Waals surface area contributed by atoms with Gasteiger partial charge in [0.25, 0.3) is 0 Å². The summed E-state index contributed by atoms with van der Waals surface area (Å²) >= 11 is 0. The molecular formula is C14H16F3N3. The number of nitrogens with one attached hydrogen (secondary N) is 1. The number of alkyl halides is 3. The molecule has 0 bridgehead atoms. The number of aryl methyl sites for hydroxylation is 1. The zero-order valence-electron chi connectivity index (χ0n) is 11.3. The van der Waals surface area contributed by atoms with Gasteiger partial charge in [-0.25, -0.2) is 0 Å². The molecule has 1 aromatic carbocycles. The van der Waals surface area contributed by atoms with Gasteiger partial charge in [-0.2, -0.15) is 18.3 Å². The first kappa shape index (κ1) is 14.6. The average molecular weight is 283 g/mol. The molecule has 2 rings (SSSR count). The zero-order chi connectivity index (χ0) is 14.8. The van der Waals surface area contributed by atoms with E-state index < -0.39 is 11.7 Å². The summed E-state index contributed by atoms with van der Waals surface area (Å²) in [6, 6.07) is 5.21. The molecule has 1 N–H and O–H groups in total. The van der Waals surface area contributed by atoms with Crippen LogP contribution in [0.3, 0.4) is 0 Å². The number of hydrogen-bond donors (Lipinski definition) is 1. The van der Waals surface area contributed by atoms with Gasteiger partial charge in [0.1, 0.15) is 0 Å². The first-order valence-electron chi connectivity index (χ1n) is 6.24. The molecule has 1 atom stereocenters. The number of nitrogens with zero attached hydrogens (tertiary/aromatic N) is 2. The Morgan fingerprint density at radius 1 is 1.35 bits per heavy atom. The number of halogens is 3. The van der Waals surface area contributed by atoms with Crippen LogP contribution in [0.25, 0.3) is 0 Å². The van der Waals surface area contributed by atoms with Gasteiger partial charge in [0.15, 0.2) is 0 Å². The van der Waals surface area contributed by atoms with Crippen molar-refractivity contribution in [2.24, 2.45) is 7.05 Å². The van der Waals surface area contributed by atoms with E-state index in [1.165, 1.54) is 12.1 Å². The van der Waals surface area contributed by atoms with Crippen molar-refractivity contribution in [3.63, 3.8) is 0 Å². The van der Waals surface area contributed by atoms with E-state index in [1.54, 1.807) is 16.9 Å². The van der Waals surface area contributed by atoms with Gasteiger partial charge in [-0.1, -0.05) is 12.1 Å². The molecule has 2 aromatic rings. The highest BCUT2D eigenvalue weighted by Crippen LogP contribution is 2.30. The van der Waals surface area contributed by atoms with Crippen molar-refractivity contribution >= 4 is 0 Å². The van der Waals surface area contributed by atoms with Gasteiger partial charge in [-0.05, 0) is 24.6 Å². The van der Waals surface area contributed by atoms with E-state index in [4.69, 9.17) is 0 Å². The standard InChI is InChI=1S/C14H16F3N3/c1-10(18-7-11-8-19-20(2)9-11)12-4-3-5-13(6-12)14(15,16)17/h3-6,8-10,18H,7H2,1-2H3. The van der Waals surface area contributed by atoms with Crippen molar-refractivity contribution in [3.05, 3.63) is 53.3 Å². The molecule has 0 amide bonds. The smallest absolute Gasteiger partial charge is 0.306 e. The maximum atomic E-state index is 12.7. The summed E-state index contributed by atoms with van der Waals surface area (Å²) in [5.41, 5.74) is 0.986. The lowest BCUT2D eigenvalue weighted by Crippen LogP contribution is -2.18. The van der Waals surface area contributed by atoms with Crippen LogP contribution < -0.4 is 5.32 Å². The molecular weight excluding hydrogens is 267 g/mol. The van der Waals surface area contributed by atoms with Crippen molar-refractivity contribution < 1.29 is 13.2 Å². The monoisotopic (exact) mass is 283 g/mol. The molecule has 0 spiro atoms. The Morgan fingerprint density at radius 3 is 2.70 bits per heavy atom. The lowest BCUT2D eigenvalue weighted by atomic mass is 10.0. The van der Waals surface area contributed by atoms with Crippen molar-refractivity contribution in [2.45, 2.75) is 25.7 Å². The van der Waals surface area contributed by atoms with Crippen molar-refractivity contribution in [3.8, 4) is 0 Å². The molecule has 1 aromatic heterocycles. The summed E-state index contributed by atoms with van der Waals surface area (Å²) in [5, 5.41) is 7.23. The molecule has 108 valence electrons. The minimum atomic E-state index is -4.31. The van der Waals surface area contributed by atoms with Crippen LogP contribution in [-0.2, 0) is 19.8 Å². The van der Waals surface area contributed by atoms with Crippen molar-refractivity contribution in [2.75, 3.05) is 0 Å². The highest BCUT2D eigenvalue weighted by molar-refractivity contribution is 5.27. The van der Waals surface area contributed by atoms with Crippen LogP contribution in [0, 0.1) is 0 Å². The number of rotatable bonds is 4. The first-order valence-corrected chi connectivity index (χ1v) is 6.24. The van der Waals surface area contributed by atoms with Gasteiger partial charge >= 0.3 is 6.18 Å². The molecule has 0 saturated heterocycles. The Labute approximate surface area is 115 Å². The summed E-state index contributed by atoms with van der Waals surface area (Å²) in [5.74, 6) is 0. The molecule has 0 saturated carbocycles. The number of hydrogen-bond acceptors (Lipinski definition) is 2. The van der Waals surface area contributed by atoms with Gasteiger partial charge in [-0.3, -0.25) is 4.68 Å². The second-order valence-electron chi connectivity index (χ2n) is 4.75. The number of benzene rings is 1. The summed E-state index contributed by atoms with van der Waals surface area (Å²) < 4.78 is 39.6. The highest BCUT2D eigenvalue weighted by Gasteiger charge is 2.30. The molecule has 0 aliphatic rings. The van der Waals surface area contributed by atoms with Crippen molar-refractivity contribution in [1.82, 2.24) is 15.1 Å². The van der Waals surface area contributed by atoms with Gasteiger partial charge in [0, 0.05) is 31.4 Å². The Bertz CT molecular complexity index is 575. The van der Waals surface area contributed by atoms with Gasteiger partial charge in [0.2, 0.25) is 0 Å². The van der Waals surface area contributed by atoms with Crippen LogP contribution in [0.4, 0.5) is 13.2 Å². The largest absolute Gasteiger partial charge is 0.416 e. The summed E-state index contributed by atoms with van der Waals surface area (Å²) in [7, 11) is 1.82. The molecule has 0 aliphatic carbocycles. The molecule has 0 fully saturated rings. The van der Waals surface area contributed by atoms with E-state index >= 15 is 0 Å². The van der Waals surface area contributed by atoms with Crippen LogP contribution in [0.15, 0.2) is 36.7 Å². The topological polar surface area (TPSA) is 29.9 Å². The maximum absolute atomic E-state index is 12.7. The Morgan fingerprint density at radius 2 is 2.10 bits per heavy atom. The third-order valence-electron chi connectivity index (χ3n) is 3.08. The fourth-order valence-electron chi connectivity index (χ4n) is 1.94. The molecule has 0 radical (unpaired) electrons. The lowest BCUT2D eigenvalue weighted by molar-refractivity contribution is -0.137. The van der Waals surface area contributed by atoms with E-state index in [1.807, 2.05) is 20.2 Å². The molecule has 1 unspecified atom stereocenters. The molecule has 20 heavy (non-hydrogen) atoms. The minimum Gasteiger partial charge on any atom is -0.306 e. The molecule has 3 nitrogen and oxygen atoms in total. The van der Waals surface area contributed by atoms with Crippen LogP contribution >= 0.6 is 0 Å². The highest BCUT2D eigenvalue weighted by atomic mass is 19.4.